The Labute approximate surface area is 132 Å². The minimum absolute atomic E-state index is 0.0580. The molecule has 2 N–H and O–H groups in total. The van der Waals surface area contributed by atoms with E-state index in [2.05, 4.69) is 20.6 Å². The number of carbonyl (C=O) groups excluding carboxylic acids is 2. The average molecular weight is 332 g/mol. The molecule has 122 valence electrons. The van der Waals surface area contributed by atoms with Gasteiger partial charge in [-0.1, -0.05) is 0 Å². The normalized spacial score (nSPS) is 9.83. The zero-order chi connectivity index (χ0) is 17.7. The summed E-state index contributed by atoms with van der Waals surface area (Å²) in [7, 11) is 0. The number of rotatable bonds is 4. The molecule has 2 rings (SSSR count). The van der Waals surface area contributed by atoms with Crippen molar-refractivity contribution < 1.29 is 19.4 Å². The van der Waals surface area contributed by atoms with E-state index in [0.717, 1.165) is 36.7 Å². The van der Waals surface area contributed by atoms with E-state index in [0.29, 0.717) is 0 Å². The van der Waals surface area contributed by atoms with Crippen LogP contribution in [0.2, 0.25) is 0 Å². The van der Waals surface area contributed by atoms with Gasteiger partial charge in [0.1, 0.15) is 24.0 Å². The number of hydrogen-bond donors (Lipinski definition) is 2. The Morgan fingerprint density at radius 1 is 0.792 bits per heavy atom. The van der Waals surface area contributed by atoms with Crippen molar-refractivity contribution in [2.75, 3.05) is 10.6 Å². The summed E-state index contributed by atoms with van der Waals surface area (Å²) in [4.78, 5) is 50.2. The van der Waals surface area contributed by atoms with E-state index in [1.807, 2.05) is 0 Å². The van der Waals surface area contributed by atoms with Crippen LogP contribution in [0.4, 0.5) is 23.0 Å². The maximum atomic E-state index is 11.7. The number of amides is 2. The molecule has 2 heterocycles. The number of nitrogens with zero attached hydrogens (tertiary/aromatic N) is 4. The van der Waals surface area contributed by atoms with Crippen LogP contribution in [0.25, 0.3) is 0 Å². The zero-order valence-electron chi connectivity index (χ0n) is 11.7. The van der Waals surface area contributed by atoms with Crippen LogP contribution in [-0.2, 0) is 9.59 Å². The highest BCUT2D eigenvalue weighted by atomic mass is 16.6. The number of nitro groups is 2. The lowest BCUT2D eigenvalue weighted by molar-refractivity contribution is -0.385. The topological polar surface area (TPSA) is 170 Å². The second kappa shape index (κ2) is 6.87. The number of pyridine rings is 2. The molecule has 2 aromatic heterocycles. The van der Waals surface area contributed by atoms with Crippen LogP contribution >= 0.6 is 0 Å². The summed E-state index contributed by atoms with van der Waals surface area (Å²) in [6, 6.07) is 4.54. The molecule has 12 heteroatoms. The van der Waals surface area contributed by atoms with Crippen LogP contribution in [0.3, 0.4) is 0 Å². The third-order valence-electron chi connectivity index (χ3n) is 2.61. The fourth-order valence-corrected chi connectivity index (χ4v) is 1.48. The molecule has 0 fully saturated rings. The van der Waals surface area contributed by atoms with Gasteiger partial charge in [0.2, 0.25) is 0 Å². The monoisotopic (exact) mass is 332 g/mol. The summed E-state index contributed by atoms with van der Waals surface area (Å²) in [6.07, 6.45) is 1.84. The van der Waals surface area contributed by atoms with Gasteiger partial charge in [-0.15, -0.1) is 0 Å². The Kier molecular flexibility index (Phi) is 4.70. The molecule has 2 amide bonds. The van der Waals surface area contributed by atoms with Crippen molar-refractivity contribution in [3.05, 3.63) is 56.9 Å². The first-order valence-corrected chi connectivity index (χ1v) is 6.20. The van der Waals surface area contributed by atoms with Crippen LogP contribution < -0.4 is 10.6 Å². The highest BCUT2D eigenvalue weighted by molar-refractivity contribution is 6.43. The number of aromatic nitrogens is 2. The minimum Gasteiger partial charge on any atom is -0.302 e. The molecule has 0 bridgehead atoms. The lowest BCUT2D eigenvalue weighted by Gasteiger charge is -2.05. The molecule has 0 spiro atoms. The predicted octanol–water partition coefficient (Wildman–Crippen LogP) is 0.870. The standard InChI is InChI=1S/C12H8N6O6/c19-11(15-9-3-1-7(5-13-9)17(21)22)12(20)16-10-4-2-8(6-14-10)18(23)24/h1-6H,(H,13,15,19)(H,14,16,20). The lowest BCUT2D eigenvalue weighted by atomic mass is 10.4. The summed E-state index contributed by atoms with van der Waals surface area (Å²) in [5.41, 5.74) is -0.542. The second-order valence-corrected chi connectivity index (χ2v) is 4.23. The summed E-state index contributed by atoms with van der Waals surface area (Å²) in [6.45, 7) is 0. The molecule has 0 aliphatic carbocycles. The van der Waals surface area contributed by atoms with Crippen LogP contribution in [0.5, 0.6) is 0 Å². The maximum absolute atomic E-state index is 11.7. The molecule has 12 nitrogen and oxygen atoms in total. The fourth-order valence-electron chi connectivity index (χ4n) is 1.48. The van der Waals surface area contributed by atoms with Crippen LogP contribution in [0, 0.1) is 20.2 Å². The molecule has 0 saturated carbocycles. The van der Waals surface area contributed by atoms with Crippen LogP contribution in [-0.4, -0.2) is 31.6 Å². The Bertz CT molecular complexity index is 734. The van der Waals surface area contributed by atoms with Crippen LogP contribution in [0.15, 0.2) is 36.7 Å². The minimum atomic E-state index is -1.09. The van der Waals surface area contributed by atoms with Crippen molar-refractivity contribution in [1.82, 2.24) is 9.97 Å². The molecular weight excluding hydrogens is 324 g/mol. The smallest absolute Gasteiger partial charge is 0.302 e. The van der Waals surface area contributed by atoms with Crippen molar-refractivity contribution in [3.8, 4) is 0 Å². The third kappa shape index (κ3) is 4.03. The van der Waals surface area contributed by atoms with Gasteiger partial charge < -0.3 is 10.6 Å². The predicted molar refractivity (Wildman–Crippen MR) is 79.0 cm³/mol. The highest BCUT2D eigenvalue weighted by Gasteiger charge is 2.16. The molecule has 0 aliphatic rings. The molecule has 24 heavy (non-hydrogen) atoms. The van der Waals surface area contributed by atoms with Gasteiger partial charge in [0.15, 0.2) is 0 Å². The molecule has 0 aliphatic heterocycles. The third-order valence-corrected chi connectivity index (χ3v) is 2.61. The van der Waals surface area contributed by atoms with E-state index in [4.69, 9.17) is 0 Å². The Balaban J connectivity index is 1.97. The lowest BCUT2D eigenvalue weighted by Crippen LogP contribution is -2.29. The molecular formula is C12H8N6O6. The molecule has 0 saturated heterocycles. The molecule has 2 aromatic rings. The van der Waals surface area contributed by atoms with Gasteiger partial charge in [-0.05, 0) is 12.1 Å². The van der Waals surface area contributed by atoms with E-state index < -0.39 is 21.7 Å². The van der Waals surface area contributed by atoms with Crippen molar-refractivity contribution in [3.63, 3.8) is 0 Å². The Hall–Kier alpha value is -3.96. The summed E-state index contributed by atoms with van der Waals surface area (Å²) < 4.78 is 0. The maximum Gasteiger partial charge on any atom is 0.315 e. The largest absolute Gasteiger partial charge is 0.315 e. The molecule has 0 radical (unpaired) electrons. The van der Waals surface area contributed by atoms with Crippen molar-refractivity contribution in [1.29, 1.82) is 0 Å². The van der Waals surface area contributed by atoms with Gasteiger partial charge in [0.05, 0.1) is 9.85 Å². The quantitative estimate of drug-likeness (QED) is 0.471. The average Bonchev–Trinajstić information content (AvgIpc) is 2.55. The first-order chi connectivity index (χ1) is 11.4. The van der Waals surface area contributed by atoms with Crippen LogP contribution in [0.1, 0.15) is 0 Å². The summed E-state index contributed by atoms with van der Waals surface area (Å²) >= 11 is 0. The van der Waals surface area contributed by atoms with E-state index in [-0.39, 0.29) is 23.0 Å². The van der Waals surface area contributed by atoms with E-state index in [9.17, 15) is 29.8 Å². The van der Waals surface area contributed by atoms with Gasteiger partial charge >= 0.3 is 11.8 Å². The van der Waals surface area contributed by atoms with Gasteiger partial charge in [0.25, 0.3) is 11.4 Å². The first-order valence-electron chi connectivity index (χ1n) is 6.20. The molecule has 0 atom stereocenters. The molecule has 0 unspecified atom stereocenters. The van der Waals surface area contributed by atoms with Crippen molar-refractivity contribution >= 4 is 34.8 Å². The number of carbonyl (C=O) groups is 2. The SMILES string of the molecule is O=C(Nc1ccc([N+](=O)[O-])cn1)C(=O)Nc1ccc([N+](=O)[O-])cn1. The number of hydrogen-bond acceptors (Lipinski definition) is 8. The Morgan fingerprint density at radius 2 is 1.17 bits per heavy atom. The summed E-state index contributed by atoms with van der Waals surface area (Å²) in [5, 5.41) is 25.2. The van der Waals surface area contributed by atoms with E-state index in [1.165, 1.54) is 0 Å². The highest BCUT2D eigenvalue weighted by Crippen LogP contribution is 2.13. The Morgan fingerprint density at radius 3 is 1.42 bits per heavy atom. The van der Waals surface area contributed by atoms with E-state index in [1.54, 1.807) is 0 Å². The van der Waals surface area contributed by atoms with Gasteiger partial charge in [-0.25, -0.2) is 9.97 Å². The fraction of sp³-hybridized carbons (Fsp3) is 0. The van der Waals surface area contributed by atoms with Gasteiger partial charge in [0, 0.05) is 12.1 Å². The van der Waals surface area contributed by atoms with Crippen molar-refractivity contribution in [2.24, 2.45) is 0 Å². The second-order valence-electron chi connectivity index (χ2n) is 4.23. The number of nitrogens with one attached hydrogen (secondary N) is 2. The summed E-state index contributed by atoms with van der Waals surface area (Å²) in [5.74, 6) is -2.29. The van der Waals surface area contributed by atoms with E-state index >= 15 is 0 Å². The first kappa shape index (κ1) is 16.4. The zero-order valence-corrected chi connectivity index (χ0v) is 11.7. The van der Waals surface area contributed by atoms with Gasteiger partial charge in [-0.3, -0.25) is 29.8 Å². The number of anilines is 2. The molecule has 0 aromatic carbocycles. The van der Waals surface area contributed by atoms with Gasteiger partial charge in [-0.2, -0.15) is 0 Å². The van der Waals surface area contributed by atoms with Crippen molar-refractivity contribution in [2.45, 2.75) is 0 Å².